The third-order valence-electron chi connectivity index (χ3n) is 5.37. The highest BCUT2D eigenvalue weighted by Crippen LogP contribution is 2.41. The first-order chi connectivity index (χ1) is 16.6. The number of hydrogen-bond acceptors (Lipinski definition) is 5. The average Bonchev–Trinajstić information content (AvgIpc) is 2.81. The standard InChI is InChI=1S/C25H23F4N3O3/c1-14(2)35-21-6-3-15(12-31-21)24(33)32-22-17(18-11-16(26)4-5-19(18)27)8-10-30-23(22)20-7-9-25(28,29)13-34-20/h3-6,8,10-12,14,20H,7,9,13H2,1-2H3,(H,32,33)/t20-/m1/s1. The van der Waals surface area contributed by atoms with Crippen LogP contribution in [0.1, 0.15) is 48.8 Å². The van der Waals surface area contributed by atoms with Crippen molar-refractivity contribution >= 4 is 11.6 Å². The van der Waals surface area contributed by atoms with E-state index in [2.05, 4.69) is 15.3 Å². The number of benzene rings is 1. The molecule has 1 amide bonds. The van der Waals surface area contributed by atoms with E-state index in [1.807, 2.05) is 13.8 Å². The molecule has 10 heteroatoms. The molecule has 1 fully saturated rings. The second-order valence-corrected chi connectivity index (χ2v) is 8.44. The molecule has 184 valence electrons. The molecule has 1 atom stereocenters. The van der Waals surface area contributed by atoms with Crippen LogP contribution >= 0.6 is 0 Å². The monoisotopic (exact) mass is 489 g/mol. The summed E-state index contributed by atoms with van der Waals surface area (Å²) < 4.78 is 66.8. The number of hydrogen-bond donors (Lipinski definition) is 1. The van der Waals surface area contributed by atoms with Gasteiger partial charge in [0.05, 0.1) is 23.0 Å². The zero-order valence-electron chi connectivity index (χ0n) is 19.0. The second kappa shape index (κ2) is 9.99. The predicted molar refractivity (Wildman–Crippen MR) is 120 cm³/mol. The Balaban J connectivity index is 1.72. The van der Waals surface area contributed by atoms with Crippen molar-refractivity contribution in [1.82, 2.24) is 9.97 Å². The fourth-order valence-corrected chi connectivity index (χ4v) is 3.73. The van der Waals surface area contributed by atoms with Crippen LogP contribution in [0.2, 0.25) is 0 Å². The zero-order valence-corrected chi connectivity index (χ0v) is 19.0. The maximum atomic E-state index is 14.7. The van der Waals surface area contributed by atoms with Gasteiger partial charge in [-0.1, -0.05) is 0 Å². The first kappa shape index (κ1) is 24.6. The molecular weight excluding hydrogens is 466 g/mol. The van der Waals surface area contributed by atoms with Crippen molar-refractivity contribution in [2.45, 2.75) is 44.8 Å². The first-order valence-electron chi connectivity index (χ1n) is 11.0. The van der Waals surface area contributed by atoms with Gasteiger partial charge >= 0.3 is 0 Å². The molecule has 0 spiro atoms. The summed E-state index contributed by atoms with van der Waals surface area (Å²) >= 11 is 0. The molecule has 0 radical (unpaired) electrons. The third kappa shape index (κ3) is 5.76. The summed E-state index contributed by atoms with van der Waals surface area (Å²) in [5.41, 5.74) is 0.359. The summed E-state index contributed by atoms with van der Waals surface area (Å²) in [7, 11) is 0. The molecule has 1 aliphatic heterocycles. The van der Waals surface area contributed by atoms with Gasteiger partial charge in [0, 0.05) is 36.0 Å². The normalized spacial score (nSPS) is 17.3. The van der Waals surface area contributed by atoms with E-state index in [9.17, 15) is 22.4 Å². The Morgan fingerprint density at radius 1 is 1.14 bits per heavy atom. The van der Waals surface area contributed by atoms with E-state index in [1.165, 1.54) is 30.6 Å². The maximum absolute atomic E-state index is 14.7. The van der Waals surface area contributed by atoms with Crippen molar-refractivity contribution in [1.29, 1.82) is 0 Å². The summed E-state index contributed by atoms with van der Waals surface area (Å²) in [5, 5.41) is 2.68. The van der Waals surface area contributed by atoms with E-state index < -0.39 is 42.6 Å². The van der Waals surface area contributed by atoms with Gasteiger partial charge in [0.2, 0.25) is 5.88 Å². The number of pyridine rings is 2. The second-order valence-electron chi connectivity index (χ2n) is 8.44. The first-order valence-corrected chi connectivity index (χ1v) is 11.0. The molecular formula is C25H23F4N3O3. The Morgan fingerprint density at radius 2 is 1.94 bits per heavy atom. The van der Waals surface area contributed by atoms with Gasteiger partial charge in [-0.25, -0.2) is 22.5 Å². The fraction of sp³-hybridized carbons (Fsp3) is 0.320. The average molecular weight is 489 g/mol. The number of rotatable bonds is 6. The number of halogens is 4. The minimum Gasteiger partial charge on any atom is -0.475 e. The van der Waals surface area contributed by atoms with E-state index >= 15 is 0 Å². The summed E-state index contributed by atoms with van der Waals surface area (Å²) in [4.78, 5) is 21.4. The van der Waals surface area contributed by atoms with Crippen LogP contribution in [-0.2, 0) is 4.74 Å². The molecule has 0 aliphatic carbocycles. The van der Waals surface area contributed by atoms with Gasteiger partial charge in [-0.15, -0.1) is 0 Å². The zero-order chi connectivity index (χ0) is 25.2. The third-order valence-corrected chi connectivity index (χ3v) is 5.37. The Bertz CT molecular complexity index is 1210. The summed E-state index contributed by atoms with van der Waals surface area (Å²) in [6, 6.07) is 7.35. The number of aromatic nitrogens is 2. The number of amides is 1. The van der Waals surface area contributed by atoms with E-state index in [4.69, 9.17) is 9.47 Å². The van der Waals surface area contributed by atoms with Crippen LogP contribution in [-0.4, -0.2) is 34.5 Å². The van der Waals surface area contributed by atoms with E-state index in [0.29, 0.717) is 5.88 Å². The molecule has 3 aromatic rings. The molecule has 35 heavy (non-hydrogen) atoms. The topological polar surface area (TPSA) is 73.3 Å². The molecule has 3 heterocycles. The lowest BCUT2D eigenvalue weighted by Crippen LogP contribution is -2.31. The summed E-state index contributed by atoms with van der Waals surface area (Å²) in [5.74, 6) is -4.67. The molecule has 1 saturated heterocycles. The number of anilines is 1. The number of ether oxygens (including phenoxy) is 2. The van der Waals surface area contributed by atoms with Gasteiger partial charge in [0.25, 0.3) is 11.8 Å². The number of carbonyl (C=O) groups is 1. The number of alkyl halides is 2. The van der Waals surface area contributed by atoms with Gasteiger partial charge in [0.1, 0.15) is 24.3 Å². The SMILES string of the molecule is CC(C)Oc1ccc(C(=O)Nc2c(-c3cc(F)ccc3F)ccnc2[C@H]2CCC(F)(F)CO2)cn1. The Hall–Kier alpha value is -3.53. The van der Waals surface area contributed by atoms with Crippen LogP contribution in [0.5, 0.6) is 5.88 Å². The van der Waals surface area contributed by atoms with Gasteiger partial charge < -0.3 is 14.8 Å². The van der Waals surface area contributed by atoms with Crippen LogP contribution in [0.25, 0.3) is 11.1 Å². The smallest absolute Gasteiger partial charge is 0.271 e. The summed E-state index contributed by atoms with van der Waals surface area (Å²) in [6.45, 7) is 2.86. The highest BCUT2D eigenvalue weighted by molar-refractivity contribution is 6.06. The predicted octanol–water partition coefficient (Wildman–Crippen LogP) is 5.95. The van der Waals surface area contributed by atoms with Crippen LogP contribution in [0.3, 0.4) is 0 Å². The largest absolute Gasteiger partial charge is 0.475 e. The van der Waals surface area contributed by atoms with Gasteiger partial charge in [-0.2, -0.15) is 0 Å². The molecule has 6 nitrogen and oxygen atoms in total. The van der Waals surface area contributed by atoms with Crippen molar-refractivity contribution in [3.05, 3.63) is 71.7 Å². The molecule has 1 aromatic carbocycles. The number of nitrogens with one attached hydrogen (secondary N) is 1. The quantitative estimate of drug-likeness (QED) is 0.434. The summed E-state index contributed by atoms with van der Waals surface area (Å²) in [6.07, 6.45) is 1.16. The minimum absolute atomic E-state index is 0.0414. The van der Waals surface area contributed by atoms with Gasteiger partial charge in [0.15, 0.2) is 0 Å². The highest BCUT2D eigenvalue weighted by atomic mass is 19.3. The molecule has 1 aliphatic rings. The minimum atomic E-state index is -2.97. The van der Waals surface area contributed by atoms with Crippen molar-refractivity contribution < 1.29 is 31.8 Å². The van der Waals surface area contributed by atoms with Gasteiger partial charge in [-0.3, -0.25) is 9.78 Å². The highest BCUT2D eigenvalue weighted by Gasteiger charge is 2.38. The fourth-order valence-electron chi connectivity index (χ4n) is 3.73. The van der Waals surface area contributed by atoms with E-state index in [0.717, 1.165) is 18.2 Å². The lowest BCUT2D eigenvalue weighted by atomic mass is 9.97. The molecule has 1 N–H and O–H groups in total. The molecule has 0 saturated carbocycles. The Labute approximate surface area is 199 Å². The van der Waals surface area contributed by atoms with Gasteiger partial charge in [-0.05, 0) is 50.6 Å². The van der Waals surface area contributed by atoms with Crippen LogP contribution < -0.4 is 10.1 Å². The number of carbonyl (C=O) groups excluding carboxylic acids is 1. The number of nitrogens with zero attached hydrogens (tertiary/aromatic N) is 2. The lowest BCUT2D eigenvalue weighted by molar-refractivity contribution is -0.146. The maximum Gasteiger partial charge on any atom is 0.271 e. The van der Waals surface area contributed by atoms with Crippen LogP contribution in [0.4, 0.5) is 23.2 Å². The van der Waals surface area contributed by atoms with Crippen LogP contribution in [0.15, 0.2) is 48.8 Å². The lowest BCUT2D eigenvalue weighted by Gasteiger charge is -2.30. The Morgan fingerprint density at radius 3 is 2.60 bits per heavy atom. The van der Waals surface area contributed by atoms with Crippen LogP contribution in [0, 0.1) is 11.6 Å². The molecule has 4 rings (SSSR count). The van der Waals surface area contributed by atoms with E-state index in [-0.39, 0.29) is 40.6 Å². The molecule has 0 bridgehead atoms. The van der Waals surface area contributed by atoms with Crippen molar-refractivity contribution in [3.8, 4) is 17.0 Å². The van der Waals surface area contributed by atoms with Crippen molar-refractivity contribution in [3.63, 3.8) is 0 Å². The van der Waals surface area contributed by atoms with Crippen molar-refractivity contribution in [2.24, 2.45) is 0 Å². The molecule has 2 aromatic heterocycles. The molecule has 0 unspecified atom stereocenters. The van der Waals surface area contributed by atoms with E-state index in [1.54, 1.807) is 0 Å². The Kier molecular flexibility index (Phi) is 7.02. The van der Waals surface area contributed by atoms with Crippen molar-refractivity contribution in [2.75, 3.05) is 11.9 Å².